The molecule has 1 unspecified atom stereocenters. The number of rotatable bonds is 6. The largest absolute Gasteiger partial charge is 0.476 e. The summed E-state index contributed by atoms with van der Waals surface area (Å²) in [6.45, 7) is 11.9. The van der Waals surface area contributed by atoms with E-state index in [4.69, 9.17) is 0 Å². The van der Waals surface area contributed by atoms with E-state index in [9.17, 15) is 9.90 Å². The Morgan fingerprint density at radius 1 is 1.14 bits per heavy atom. The fourth-order valence-corrected chi connectivity index (χ4v) is 4.13. The third-order valence-corrected chi connectivity index (χ3v) is 5.88. The summed E-state index contributed by atoms with van der Waals surface area (Å²) < 4.78 is 1.92. The van der Waals surface area contributed by atoms with Crippen molar-refractivity contribution >= 4 is 12.2 Å². The molecule has 0 aromatic rings. The van der Waals surface area contributed by atoms with Gasteiger partial charge in [-0.2, -0.15) is 0 Å². The number of carbonyl (C=O) groups is 1. The van der Waals surface area contributed by atoms with Crippen LogP contribution in [0.3, 0.4) is 0 Å². The van der Waals surface area contributed by atoms with Gasteiger partial charge in [0.15, 0.2) is 6.21 Å². The molecular weight excluding hydrogens is 346 g/mol. The van der Waals surface area contributed by atoms with Crippen molar-refractivity contribution in [3.8, 4) is 0 Å². The molecule has 0 saturated carbocycles. The van der Waals surface area contributed by atoms with Gasteiger partial charge < -0.3 is 5.11 Å². The van der Waals surface area contributed by atoms with Crippen molar-refractivity contribution in [1.29, 1.82) is 0 Å². The molecule has 1 atom stereocenters. The Kier molecular flexibility index (Phi) is 7.79. The van der Waals surface area contributed by atoms with Gasteiger partial charge in [0.25, 0.3) is 0 Å². The minimum absolute atomic E-state index is 0.271. The van der Waals surface area contributed by atoms with Crippen LogP contribution in [0.4, 0.5) is 0 Å². The van der Waals surface area contributed by atoms with Crippen LogP contribution in [-0.2, 0) is 4.79 Å². The van der Waals surface area contributed by atoms with Crippen LogP contribution in [0, 0.1) is 5.41 Å². The number of aliphatic carboxylic acids is 1. The molecule has 0 aromatic heterocycles. The standard InChI is InChI=1S/C25H35NO2/c1-19(13-14-22-21(3)11-7-16-25(22,4)5)9-6-10-20(2)15-18-26-17-8-12-23(26)24(27)28/h6,9-10,13-15,18,23H,7-8,11-12,16-17H2,1-5H3/p+1/b10-6+,14-13+,19-9+,20-15+,26-18?. The first kappa shape index (κ1) is 22.1. The van der Waals surface area contributed by atoms with Crippen molar-refractivity contribution in [2.24, 2.45) is 5.41 Å². The lowest BCUT2D eigenvalue weighted by Crippen LogP contribution is -2.28. The maximum atomic E-state index is 11.2. The zero-order valence-electron chi connectivity index (χ0n) is 18.2. The molecule has 0 spiro atoms. The van der Waals surface area contributed by atoms with Gasteiger partial charge in [-0.25, -0.2) is 9.37 Å². The topological polar surface area (TPSA) is 40.3 Å². The molecule has 1 N–H and O–H groups in total. The Bertz CT molecular complexity index is 772. The van der Waals surface area contributed by atoms with Gasteiger partial charge in [-0.1, -0.05) is 55.4 Å². The lowest BCUT2D eigenvalue weighted by molar-refractivity contribution is -0.527. The van der Waals surface area contributed by atoms with E-state index in [2.05, 4.69) is 58.1 Å². The molecule has 2 rings (SSSR count). The van der Waals surface area contributed by atoms with Gasteiger partial charge in [-0.3, -0.25) is 0 Å². The third-order valence-electron chi connectivity index (χ3n) is 5.88. The van der Waals surface area contributed by atoms with Gasteiger partial charge in [0, 0.05) is 18.9 Å². The van der Waals surface area contributed by atoms with Gasteiger partial charge in [0.1, 0.15) is 6.54 Å². The molecule has 0 amide bonds. The SMILES string of the molecule is CC1=C(/C=C/C(C)=C/C=C/C(C)=C/C=[N+]2CCCC2C(=O)O)C(C)(C)CCC1. The van der Waals surface area contributed by atoms with E-state index >= 15 is 0 Å². The normalized spacial score (nSPS) is 25.5. The monoisotopic (exact) mass is 382 g/mol. The average Bonchev–Trinajstić information content (AvgIpc) is 3.08. The molecule has 28 heavy (non-hydrogen) atoms. The summed E-state index contributed by atoms with van der Waals surface area (Å²) in [5.41, 5.74) is 5.61. The van der Waals surface area contributed by atoms with Crippen LogP contribution in [-0.4, -0.2) is 34.5 Å². The number of allylic oxidation sites excluding steroid dienone is 10. The molecule has 1 aliphatic heterocycles. The fourth-order valence-electron chi connectivity index (χ4n) is 4.13. The summed E-state index contributed by atoms with van der Waals surface area (Å²) in [7, 11) is 0. The number of carboxylic acids is 1. The van der Waals surface area contributed by atoms with Crippen LogP contribution in [0.2, 0.25) is 0 Å². The highest BCUT2D eigenvalue weighted by molar-refractivity contribution is 5.75. The molecule has 1 saturated heterocycles. The minimum Gasteiger partial charge on any atom is -0.476 e. The predicted octanol–water partition coefficient (Wildman–Crippen LogP) is 5.85. The van der Waals surface area contributed by atoms with Crippen LogP contribution in [0.5, 0.6) is 0 Å². The van der Waals surface area contributed by atoms with E-state index < -0.39 is 5.97 Å². The molecule has 0 aromatic carbocycles. The molecule has 0 radical (unpaired) electrons. The van der Waals surface area contributed by atoms with Gasteiger partial charge >= 0.3 is 5.97 Å². The summed E-state index contributed by atoms with van der Waals surface area (Å²) in [5, 5.41) is 9.23. The summed E-state index contributed by atoms with van der Waals surface area (Å²) in [4.78, 5) is 11.2. The number of hydrogen-bond acceptors (Lipinski definition) is 1. The fraction of sp³-hybridized carbons (Fsp3) is 0.520. The zero-order valence-corrected chi connectivity index (χ0v) is 18.2. The summed E-state index contributed by atoms with van der Waals surface area (Å²) in [6.07, 6.45) is 20.1. The van der Waals surface area contributed by atoms with Crippen molar-refractivity contribution < 1.29 is 14.5 Å². The van der Waals surface area contributed by atoms with Crippen molar-refractivity contribution in [3.05, 3.63) is 58.7 Å². The lowest BCUT2D eigenvalue weighted by Gasteiger charge is -2.32. The van der Waals surface area contributed by atoms with E-state index in [1.54, 1.807) is 0 Å². The number of carboxylic acid groups (broad SMARTS) is 1. The zero-order chi connectivity index (χ0) is 20.7. The minimum atomic E-state index is -0.729. The highest BCUT2D eigenvalue weighted by Crippen LogP contribution is 2.40. The van der Waals surface area contributed by atoms with Gasteiger partial charge in [0.2, 0.25) is 6.04 Å². The molecule has 0 bridgehead atoms. The Morgan fingerprint density at radius 3 is 2.54 bits per heavy atom. The second-order valence-electron chi connectivity index (χ2n) is 8.83. The first-order chi connectivity index (χ1) is 13.2. The highest BCUT2D eigenvalue weighted by Gasteiger charge is 2.33. The van der Waals surface area contributed by atoms with Crippen LogP contribution < -0.4 is 0 Å². The second kappa shape index (κ2) is 9.86. The first-order valence-electron chi connectivity index (χ1n) is 10.4. The van der Waals surface area contributed by atoms with E-state index in [1.165, 1.54) is 36.0 Å². The van der Waals surface area contributed by atoms with Crippen molar-refractivity contribution in [1.82, 2.24) is 0 Å². The number of nitrogens with zero attached hydrogens (tertiary/aromatic N) is 1. The number of hydrogen-bond donors (Lipinski definition) is 1. The van der Waals surface area contributed by atoms with Crippen molar-refractivity contribution in [3.63, 3.8) is 0 Å². The molecule has 1 aliphatic carbocycles. The van der Waals surface area contributed by atoms with E-state index in [0.717, 1.165) is 25.0 Å². The molecule has 3 heteroatoms. The average molecular weight is 383 g/mol. The first-order valence-corrected chi connectivity index (χ1v) is 10.4. The van der Waals surface area contributed by atoms with Crippen molar-refractivity contribution in [2.45, 2.75) is 72.8 Å². The van der Waals surface area contributed by atoms with Gasteiger partial charge in [-0.05, 0) is 56.6 Å². The Hall–Kier alpha value is -2.16. The Labute approximate surface area is 170 Å². The summed E-state index contributed by atoms with van der Waals surface area (Å²) >= 11 is 0. The highest BCUT2D eigenvalue weighted by atomic mass is 16.4. The Balaban J connectivity index is 2.00. The summed E-state index contributed by atoms with van der Waals surface area (Å²) in [5.74, 6) is -0.729. The Morgan fingerprint density at radius 2 is 1.86 bits per heavy atom. The smallest absolute Gasteiger partial charge is 0.372 e. The molecule has 1 heterocycles. The van der Waals surface area contributed by atoms with Crippen LogP contribution in [0.1, 0.15) is 66.7 Å². The molecule has 3 nitrogen and oxygen atoms in total. The van der Waals surface area contributed by atoms with Gasteiger partial charge in [0.05, 0.1) is 0 Å². The quantitative estimate of drug-likeness (QED) is 0.462. The molecule has 1 fully saturated rings. The van der Waals surface area contributed by atoms with E-state index in [-0.39, 0.29) is 11.5 Å². The van der Waals surface area contributed by atoms with Crippen LogP contribution in [0.15, 0.2) is 58.7 Å². The van der Waals surface area contributed by atoms with Gasteiger partial charge in [-0.15, -0.1) is 0 Å². The lowest BCUT2D eigenvalue weighted by atomic mass is 9.72. The van der Waals surface area contributed by atoms with Crippen LogP contribution in [0.25, 0.3) is 0 Å². The second-order valence-corrected chi connectivity index (χ2v) is 8.83. The maximum absolute atomic E-state index is 11.2. The molecule has 2 aliphatic rings. The summed E-state index contributed by atoms with van der Waals surface area (Å²) in [6, 6.07) is -0.373. The van der Waals surface area contributed by atoms with E-state index in [0.29, 0.717) is 0 Å². The molecule has 152 valence electrons. The van der Waals surface area contributed by atoms with Crippen LogP contribution >= 0.6 is 0 Å². The maximum Gasteiger partial charge on any atom is 0.372 e. The third kappa shape index (κ3) is 6.19. The molecular formula is C25H36NO2+. The van der Waals surface area contributed by atoms with Crippen molar-refractivity contribution in [2.75, 3.05) is 6.54 Å². The van der Waals surface area contributed by atoms with E-state index in [1.807, 2.05) is 23.8 Å². The predicted molar refractivity (Wildman–Crippen MR) is 118 cm³/mol.